The van der Waals surface area contributed by atoms with E-state index < -0.39 is 12.0 Å². The number of carbonyl (C=O) groups is 1. The monoisotopic (exact) mass is 330 g/mol. The number of rotatable bonds is 6. The van der Waals surface area contributed by atoms with Crippen LogP contribution in [0.4, 0.5) is 0 Å². The zero-order valence-electron chi connectivity index (χ0n) is 14.1. The number of aliphatic carboxylic acids is 1. The Morgan fingerprint density at radius 3 is 1.91 bits per heavy atom. The maximum Gasteiger partial charge on any atom is 0.320 e. The first-order valence-electron chi connectivity index (χ1n) is 8.87. The highest BCUT2D eigenvalue weighted by atomic mass is 32.2. The van der Waals surface area contributed by atoms with E-state index >= 15 is 0 Å². The summed E-state index contributed by atoms with van der Waals surface area (Å²) < 4.78 is 0. The van der Waals surface area contributed by atoms with Crippen LogP contribution in [0.1, 0.15) is 70.6 Å². The number of thioether (sulfide) groups is 1. The van der Waals surface area contributed by atoms with Crippen LogP contribution in [0.3, 0.4) is 0 Å². The molecule has 2 saturated carbocycles. The standard InChI is InChI=1S/C12H23N.C5H11NO2S/c1-3-7-11(8-4-1)13-12-9-5-2-6-10-12;1-9-3-2-4(6)5(7)8/h11-13H,1-10H2;4H,2-3,6H2,1H3,(H,7,8)/t;4-/m.0/s1. The van der Waals surface area contributed by atoms with Crippen LogP contribution < -0.4 is 11.1 Å². The smallest absolute Gasteiger partial charge is 0.320 e. The maximum absolute atomic E-state index is 10.1. The molecule has 0 spiro atoms. The van der Waals surface area contributed by atoms with Gasteiger partial charge < -0.3 is 16.2 Å². The molecule has 0 aromatic heterocycles. The van der Waals surface area contributed by atoms with E-state index in [1.54, 1.807) is 11.8 Å². The van der Waals surface area contributed by atoms with E-state index in [1.165, 1.54) is 64.2 Å². The fourth-order valence-corrected chi connectivity index (χ4v) is 3.73. The predicted molar refractivity (Wildman–Crippen MR) is 95.5 cm³/mol. The molecule has 2 aliphatic rings. The third-order valence-corrected chi connectivity index (χ3v) is 5.28. The molecule has 1 atom stereocenters. The second-order valence-corrected chi connectivity index (χ2v) is 7.55. The summed E-state index contributed by atoms with van der Waals surface area (Å²) in [5.74, 6) is -0.1000. The van der Waals surface area contributed by atoms with Gasteiger partial charge in [-0.2, -0.15) is 11.8 Å². The third kappa shape index (κ3) is 9.01. The van der Waals surface area contributed by atoms with Gasteiger partial charge in [-0.1, -0.05) is 38.5 Å². The molecule has 0 aromatic carbocycles. The largest absolute Gasteiger partial charge is 0.480 e. The van der Waals surface area contributed by atoms with Crippen molar-refractivity contribution in [2.75, 3.05) is 12.0 Å². The molecule has 22 heavy (non-hydrogen) atoms. The molecule has 0 amide bonds. The summed E-state index contributed by atoms with van der Waals surface area (Å²) in [6.07, 6.45) is 17.0. The van der Waals surface area contributed by atoms with E-state index in [9.17, 15) is 4.79 Å². The molecule has 0 aliphatic heterocycles. The fourth-order valence-electron chi connectivity index (χ4n) is 3.24. The van der Waals surface area contributed by atoms with E-state index in [4.69, 9.17) is 10.8 Å². The lowest BCUT2D eigenvalue weighted by Gasteiger charge is -2.30. The molecule has 2 fully saturated rings. The molecule has 4 N–H and O–H groups in total. The van der Waals surface area contributed by atoms with Crippen LogP contribution >= 0.6 is 11.8 Å². The highest BCUT2D eigenvalue weighted by molar-refractivity contribution is 7.98. The lowest BCUT2D eigenvalue weighted by atomic mass is 9.91. The van der Waals surface area contributed by atoms with E-state index in [2.05, 4.69) is 5.32 Å². The average Bonchev–Trinajstić information content (AvgIpc) is 2.55. The van der Waals surface area contributed by atoms with E-state index in [0.29, 0.717) is 6.42 Å². The minimum Gasteiger partial charge on any atom is -0.480 e. The van der Waals surface area contributed by atoms with Crippen molar-refractivity contribution in [3.63, 3.8) is 0 Å². The zero-order valence-corrected chi connectivity index (χ0v) is 14.9. The maximum atomic E-state index is 10.1. The number of carboxylic acids is 1. The minimum absolute atomic E-state index is 0.552. The molecule has 5 heteroatoms. The Morgan fingerprint density at radius 2 is 1.55 bits per heavy atom. The second-order valence-electron chi connectivity index (χ2n) is 6.56. The third-order valence-electron chi connectivity index (χ3n) is 4.63. The molecule has 0 radical (unpaired) electrons. The Balaban J connectivity index is 0.000000239. The van der Waals surface area contributed by atoms with E-state index in [-0.39, 0.29) is 0 Å². The average molecular weight is 331 g/mol. The van der Waals surface area contributed by atoms with Gasteiger partial charge in [0, 0.05) is 12.1 Å². The zero-order chi connectivity index (χ0) is 16.2. The minimum atomic E-state index is -0.913. The first-order chi connectivity index (χ1) is 10.6. The Hall–Kier alpha value is -0.260. The number of hydrogen-bond acceptors (Lipinski definition) is 4. The summed E-state index contributed by atoms with van der Waals surface area (Å²) in [6, 6.07) is 1.06. The SMILES string of the molecule is C1CCC(NC2CCCCC2)CC1.CSCC[C@H](N)C(=O)O. The summed E-state index contributed by atoms with van der Waals surface area (Å²) in [5.41, 5.74) is 5.19. The molecule has 0 saturated heterocycles. The van der Waals surface area contributed by atoms with Gasteiger partial charge in [0.2, 0.25) is 0 Å². The van der Waals surface area contributed by atoms with Crippen LogP contribution in [-0.4, -0.2) is 41.2 Å². The van der Waals surface area contributed by atoms with E-state index in [0.717, 1.165) is 17.8 Å². The molecule has 0 heterocycles. The van der Waals surface area contributed by atoms with Gasteiger partial charge in [-0.3, -0.25) is 4.79 Å². The van der Waals surface area contributed by atoms with Gasteiger partial charge >= 0.3 is 5.97 Å². The molecular weight excluding hydrogens is 296 g/mol. The van der Waals surface area contributed by atoms with Crippen molar-refractivity contribution in [2.24, 2.45) is 5.73 Å². The lowest BCUT2D eigenvalue weighted by Crippen LogP contribution is -2.40. The van der Waals surface area contributed by atoms with Crippen LogP contribution in [0.2, 0.25) is 0 Å². The first-order valence-corrected chi connectivity index (χ1v) is 10.3. The molecular formula is C17H34N2O2S. The molecule has 0 bridgehead atoms. The summed E-state index contributed by atoms with van der Waals surface area (Å²) in [7, 11) is 0. The Bertz CT molecular complexity index is 274. The van der Waals surface area contributed by atoms with Crippen molar-refractivity contribution in [3.8, 4) is 0 Å². The van der Waals surface area contributed by atoms with Gasteiger partial charge in [-0.15, -0.1) is 0 Å². The Kier molecular flexibility index (Phi) is 11.0. The predicted octanol–water partition coefficient (Wildman–Crippen LogP) is 3.39. The number of carboxylic acid groups (broad SMARTS) is 1. The van der Waals surface area contributed by atoms with Crippen molar-refractivity contribution in [2.45, 2.75) is 88.8 Å². The van der Waals surface area contributed by atoms with Crippen LogP contribution in [0.15, 0.2) is 0 Å². The van der Waals surface area contributed by atoms with Gasteiger partial charge in [-0.05, 0) is 44.1 Å². The number of hydrogen-bond donors (Lipinski definition) is 3. The van der Waals surface area contributed by atoms with Crippen LogP contribution in [0, 0.1) is 0 Å². The van der Waals surface area contributed by atoms with Crippen LogP contribution in [0.25, 0.3) is 0 Å². The Labute approximate surface area is 140 Å². The van der Waals surface area contributed by atoms with Crippen molar-refractivity contribution in [1.82, 2.24) is 5.32 Å². The summed E-state index contributed by atoms with van der Waals surface area (Å²) in [4.78, 5) is 10.1. The molecule has 0 aromatic rings. The quantitative estimate of drug-likeness (QED) is 0.696. The Morgan fingerprint density at radius 1 is 1.09 bits per heavy atom. The van der Waals surface area contributed by atoms with Crippen LogP contribution in [-0.2, 0) is 4.79 Å². The second kappa shape index (κ2) is 12.2. The molecule has 0 unspecified atom stereocenters. The topological polar surface area (TPSA) is 75.3 Å². The molecule has 2 aliphatic carbocycles. The highest BCUT2D eigenvalue weighted by Crippen LogP contribution is 2.22. The van der Waals surface area contributed by atoms with Crippen molar-refractivity contribution in [1.29, 1.82) is 0 Å². The van der Waals surface area contributed by atoms with Crippen molar-refractivity contribution >= 4 is 17.7 Å². The fraction of sp³-hybridized carbons (Fsp3) is 0.941. The van der Waals surface area contributed by atoms with Gasteiger partial charge in [0.15, 0.2) is 0 Å². The van der Waals surface area contributed by atoms with Crippen molar-refractivity contribution in [3.05, 3.63) is 0 Å². The summed E-state index contributed by atoms with van der Waals surface area (Å²) in [5, 5.41) is 12.1. The summed E-state index contributed by atoms with van der Waals surface area (Å²) in [6.45, 7) is 0. The van der Waals surface area contributed by atoms with Crippen LogP contribution in [0.5, 0.6) is 0 Å². The summed E-state index contributed by atoms with van der Waals surface area (Å²) >= 11 is 1.60. The van der Waals surface area contributed by atoms with Gasteiger partial charge in [0.1, 0.15) is 6.04 Å². The lowest BCUT2D eigenvalue weighted by molar-refractivity contribution is -0.138. The van der Waals surface area contributed by atoms with Gasteiger partial charge in [-0.25, -0.2) is 0 Å². The highest BCUT2D eigenvalue weighted by Gasteiger charge is 2.19. The number of nitrogens with one attached hydrogen (secondary N) is 1. The van der Waals surface area contributed by atoms with Gasteiger partial charge in [0.25, 0.3) is 0 Å². The molecule has 130 valence electrons. The molecule has 2 rings (SSSR count). The number of nitrogens with two attached hydrogens (primary N) is 1. The van der Waals surface area contributed by atoms with Gasteiger partial charge in [0.05, 0.1) is 0 Å². The van der Waals surface area contributed by atoms with Crippen molar-refractivity contribution < 1.29 is 9.90 Å². The molecule has 4 nitrogen and oxygen atoms in total. The first kappa shape index (κ1) is 19.8. The van der Waals surface area contributed by atoms with E-state index in [1.807, 2.05) is 6.26 Å². The normalized spacial score (nSPS) is 21.7.